The number of hydrogen-bond acceptors (Lipinski definition) is 2. The van der Waals surface area contributed by atoms with Gasteiger partial charge in [0.25, 0.3) is 0 Å². The number of benzene rings is 1. The summed E-state index contributed by atoms with van der Waals surface area (Å²) in [6, 6.07) is 7.85. The molecule has 0 amide bonds. The van der Waals surface area contributed by atoms with Crippen LogP contribution in [0.5, 0.6) is 0 Å². The van der Waals surface area contributed by atoms with Gasteiger partial charge in [-0.2, -0.15) is 0 Å². The van der Waals surface area contributed by atoms with Gasteiger partial charge in [0.2, 0.25) is 0 Å². The molecule has 0 radical (unpaired) electrons. The van der Waals surface area contributed by atoms with Gasteiger partial charge in [0.1, 0.15) is 5.82 Å². The number of rotatable bonds is 5. The molecule has 0 aromatic heterocycles. The van der Waals surface area contributed by atoms with Crippen LogP contribution in [0.15, 0.2) is 24.3 Å². The molecule has 2 nitrogen and oxygen atoms in total. The van der Waals surface area contributed by atoms with E-state index < -0.39 is 0 Å². The first-order chi connectivity index (χ1) is 8.68. The molecular formula is C15H23FN2. The van der Waals surface area contributed by atoms with Crippen LogP contribution < -0.4 is 5.32 Å². The van der Waals surface area contributed by atoms with E-state index in [2.05, 4.69) is 24.2 Å². The van der Waals surface area contributed by atoms with Crippen LogP contribution in [0.1, 0.15) is 37.8 Å². The number of nitrogens with zero attached hydrogens (tertiary/aromatic N) is 1. The zero-order valence-corrected chi connectivity index (χ0v) is 11.3. The summed E-state index contributed by atoms with van der Waals surface area (Å²) in [7, 11) is 2.08. The molecule has 18 heavy (non-hydrogen) atoms. The summed E-state index contributed by atoms with van der Waals surface area (Å²) < 4.78 is 13.7. The van der Waals surface area contributed by atoms with Crippen molar-refractivity contribution in [2.24, 2.45) is 0 Å². The van der Waals surface area contributed by atoms with Crippen LogP contribution in [0.25, 0.3) is 0 Å². The van der Waals surface area contributed by atoms with E-state index >= 15 is 0 Å². The smallest absolute Gasteiger partial charge is 0.127 e. The van der Waals surface area contributed by atoms with Gasteiger partial charge in [-0.1, -0.05) is 18.2 Å². The van der Waals surface area contributed by atoms with Crippen LogP contribution in [-0.4, -0.2) is 31.1 Å². The van der Waals surface area contributed by atoms with Crippen molar-refractivity contribution < 1.29 is 4.39 Å². The van der Waals surface area contributed by atoms with Crippen molar-refractivity contribution in [3.63, 3.8) is 0 Å². The Kier molecular flexibility index (Phi) is 4.72. The highest BCUT2D eigenvalue weighted by Gasteiger charge is 2.18. The molecule has 1 fully saturated rings. The van der Waals surface area contributed by atoms with Crippen molar-refractivity contribution in [2.45, 2.75) is 38.3 Å². The Morgan fingerprint density at radius 2 is 2.22 bits per heavy atom. The van der Waals surface area contributed by atoms with E-state index in [1.807, 2.05) is 12.1 Å². The second kappa shape index (κ2) is 6.30. The maximum absolute atomic E-state index is 13.7. The van der Waals surface area contributed by atoms with Gasteiger partial charge in [-0.15, -0.1) is 0 Å². The Labute approximate surface area is 109 Å². The van der Waals surface area contributed by atoms with Crippen molar-refractivity contribution in [2.75, 3.05) is 20.1 Å². The van der Waals surface area contributed by atoms with Crippen LogP contribution in [0.2, 0.25) is 0 Å². The monoisotopic (exact) mass is 250 g/mol. The Hall–Kier alpha value is -0.930. The van der Waals surface area contributed by atoms with E-state index in [9.17, 15) is 4.39 Å². The lowest BCUT2D eigenvalue weighted by Gasteiger charge is -2.26. The molecule has 1 heterocycles. The normalized spacial score (nSPS) is 21.4. The summed E-state index contributed by atoms with van der Waals surface area (Å²) >= 11 is 0. The number of nitrogens with one attached hydrogen (secondary N) is 1. The van der Waals surface area contributed by atoms with Gasteiger partial charge >= 0.3 is 0 Å². The lowest BCUT2D eigenvalue weighted by molar-refractivity contribution is 0.243. The number of halogens is 1. The van der Waals surface area contributed by atoms with Crippen LogP contribution in [0, 0.1) is 5.82 Å². The number of hydrogen-bond donors (Lipinski definition) is 1. The van der Waals surface area contributed by atoms with Gasteiger partial charge < -0.3 is 5.32 Å². The minimum atomic E-state index is -0.101. The van der Waals surface area contributed by atoms with Crippen LogP contribution >= 0.6 is 0 Å². The predicted molar refractivity (Wildman–Crippen MR) is 73.1 cm³/mol. The first-order valence-electron chi connectivity index (χ1n) is 6.86. The Morgan fingerprint density at radius 1 is 1.44 bits per heavy atom. The SMILES string of the molecule is CC(c1ccccc1F)N(C)CCC1CCCN1. The fourth-order valence-corrected chi connectivity index (χ4v) is 2.61. The fourth-order valence-electron chi connectivity index (χ4n) is 2.61. The first-order valence-corrected chi connectivity index (χ1v) is 6.86. The second-order valence-electron chi connectivity index (χ2n) is 5.26. The summed E-state index contributed by atoms with van der Waals surface area (Å²) in [6.45, 7) is 4.23. The Bertz CT molecular complexity index is 375. The summed E-state index contributed by atoms with van der Waals surface area (Å²) in [5, 5.41) is 3.50. The van der Waals surface area contributed by atoms with Crippen molar-refractivity contribution >= 4 is 0 Å². The zero-order valence-electron chi connectivity index (χ0n) is 11.3. The van der Waals surface area contributed by atoms with Gasteiger partial charge in [0.15, 0.2) is 0 Å². The predicted octanol–water partition coefficient (Wildman–Crippen LogP) is 2.96. The zero-order chi connectivity index (χ0) is 13.0. The lowest BCUT2D eigenvalue weighted by Crippen LogP contribution is -2.30. The molecule has 1 aromatic carbocycles. The average molecular weight is 250 g/mol. The second-order valence-corrected chi connectivity index (χ2v) is 5.26. The van der Waals surface area contributed by atoms with Crippen molar-refractivity contribution in [3.8, 4) is 0 Å². The summed E-state index contributed by atoms with van der Waals surface area (Å²) in [4.78, 5) is 2.23. The summed E-state index contributed by atoms with van der Waals surface area (Å²) in [6.07, 6.45) is 3.72. The molecule has 2 rings (SSSR count). The summed E-state index contributed by atoms with van der Waals surface area (Å²) in [5.41, 5.74) is 0.791. The van der Waals surface area contributed by atoms with Gasteiger partial charge in [-0.3, -0.25) is 4.90 Å². The standard InChI is InChI=1S/C15H23FN2/c1-12(14-7-3-4-8-15(14)16)18(2)11-9-13-6-5-10-17-13/h3-4,7-8,12-13,17H,5-6,9-11H2,1-2H3. The van der Waals surface area contributed by atoms with E-state index in [1.54, 1.807) is 6.07 Å². The van der Waals surface area contributed by atoms with Crippen LogP contribution in [0.3, 0.4) is 0 Å². The molecule has 2 atom stereocenters. The molecule has 1 aliphatic rings. The molecule has 0 aliphatic carbocycles. The van der Waals surface area contributed by atoms with Gasteiger partial charge in [-0.05, 0) is 52.4 Å². The van der Waals surface area contributed by atoms with E-state index in [-0.39, 0.29) is 11.9 Å². The minimum Gasteiger partial charge on any atom is -0.314 e. The van der Waals surface area contributed by atoms with Crippen LogP contribution in [0.4, 0.5) is 4.39 Å². The molecular weight excluding hydrogens is 227 g/mol. The molecule has 100 valence electrons. The van der Waals surface area contributed by atoms with E-state index in [0.29, 0.717) is 6.04 Å². The molecule has 0 saturated carbocycles. The quantitative estimate of drug-likeness (QED) is 0.864. The molecule has 0 spiro atoms. The van der Waals surface area contributed by atoms with E-state index in [1.165, 1.54) is 18.9 Å². The molecule has 1 aromatic rings. The third-order valence-electron chi connectivity index (χ3n) is 4.01. The fraction of sp³-hybridized carbons (Fsp3) is 0.600. The maximum Gasteiger partial charge on any atom is 0.127 e. The van der Waals surface area contributed by atoms with Crippen LogP contribution in [-0.2, 0) is 0 Å². The summed E-state index contributed by atoms with van der Waals surface area (Å²) in [5.74, 6) is -0.101. The average Bonchev–Trinajstić information content (AvgIpc) is 2.89. The molecule has 3 heteroatoms. The molecule has 2 unspecified atom stereocenters. The Morgan fingerprint density at radius 3 is 2.89 bits per heavy atom. The van der Waals surface area contributed by atoms with Gasteiger partial charge in [0, 0.05) is 17.6 Å². The third kappa shape index (κ3) is 3.30. The third-order valence-corrected chi connectivity index (χ3v) is 4.01. The highest BCUT2D eigenvalue weighted by Crippen LogP contribution is 2.22. The van der Waals surface area contributed by atoms with Crippen molar-refractivity contribution in [1.82, 2.24) is 10.2 Å². The lowest BCUT2D eigenvalue weighted by atomic mass is 10.1. The maximum atomic E-state index is 13.7. The van der Waals surface area contributed by atoms with Crippen molar-refractivity contribution in [1.29, 1.82) is 0 Å². The molecule has 1 N–H and O–H groups in total. The van der Waals surface area contributed by atoms with E-state index in [0.717, 1.165) is 25.1 Å². The van der Waals surface area contributed by atoms with E-state index in [4.69, 9.17) is 0 Å². The molecule has 1 aliphatic heterocycles. The largest absolute Gasteiger partial charge is 0.314 e. The highest BCUT2D eigenvalue weighted by atomic mass is 19.1. The topological polar surface area (TPSA) is 15.3 Å². The van der Waals surface area contributed by atoms with Gasteiger partial charge in [-0.25, -0.2) is 4.39 Å². The first kappa shape index (κ1) is 13.5. The minimum absolute atomic E-state index is 0.101. The molecule has 1 saturated heterocycles. The Balaban J connectivity index is 1.88. The highest BCUT2D eigenvalue weighted by molar-refractivity contribution is 5.20. The van der Waals surface area contributed by atoms with Gasteiger partial charge in [0.05, 0.1) is 0 Å². The van der Waals surface area contributed by atoms with Crippen molar-refractivity contribution in [3.05, 3.63) is 35.6 Å². The molecule has 0 bridgehead atoms.